The van der Waals surface area contributed by atoms with Crippen LogP contribution in [-0.2, 0) is 0 Å². The standard InChI is InChI=1S/C24H24N4O4/c29-23(30)22-7-10-28(26-22)24(31)27-9-6-17-12-21(13-19(17)15-27)32-20-5-1-3-16(11-20)18-4-2-8-25-14-18/h1-5,7-8,10-11,14,17,19,21H,6,9,12-13,15H2,(H,29,30)/t17-,19-,21-/m0/s1. The van der Waals surface area contributed by atoms with Crippen LogP contribution in [0.3, 0.4) is 0 Å². The molecule has 2 aromatic heterocycles. The van der Waals surface area contributed by atoms with Gasteiger partial charge in [0.25, 0.3) is 0 Å². The lowest BCUT2D eigenvalue weighted by Crippen LogP contribution is -2.44. The van der Waals surface area contributed by atoms with Crippen molar-refractivity contribution >= 4 is 12.0 Å². The monoisotopic (exact) mass is 432 g/mol. The zero-order valence-corrected chi connectivity index (χ0v) is 17.5. The van der Waals surface area contributed by atoms with Crippen LogP contribution in [0, 0.1) is 11.8 Å². The minimum absolute atomic E-state index is 0.118. The molecule has 8 nitrogen and oxygen atoms in total. The highest BCUT2D eigenvalue weighted by molar-refractivity contribution is 5.86. The average molecular weight is 432 g/mol. The summed E-state index contributed by atoms with van der Waals surface area (Å²) in [5.74, 6) is 0.603. The Kier molecular flexibility index (Phi) is 5.34. The molecule has 0 radical (unpaired) electrons. The predicted molar refractivity (Wildman–Crippen MR) is 116 cm³/mol. The molecular weight excluding hydrogens is 408 g/mol. The molecule has 1 aromatic carbocycles. The maximum absolute atomic E-state index is 12.8. The Morgan fingerprint density at radius 1 is 1.06 bits per heavy atom. The number of fused-ring (bicyclic) bond motifs is 1. The SMILES string of the molecule is O=C(O)c1ccn(C(=O)N2CC[C@H]3C[C@H](Oc4cccc(-c5cccnc5)c4)C[C@H]3C2)n1. The van der Waals surface area contributed by atoms with Crippen LogP contribution in [0.5, 0.6) is 5.75 Å². The second-order valence-corrected chi connectivity index (χ2v) is 8.47. The normalized spacial score (nSPS) is 22.4. The summed E-state index contributed by atoms with van der Waals surface area (Å²) in [4.78, 5) is 29.8. The van der Waals surface area contributed by atoms with E-state index in [2.05, 4.69) is 10.1 Å². The van der Waals surface area contributed by atoms with Crippen LogP contribution in [0.4, 0.5) is 4.79 Å². The number of ether oxygens (including phenoxy) is 1. The zero-order valence-electron chi connectivity index (χ0n) is 17.5. The van der Waals surface area contributed by atoms with Crippen molar-refractivity contribution in [2.24, 2.45) is 11.8 Å². The maximum atomic E-state index is 12.8. The number of aromatic nitrogens is 3. The van der Waals surface area contributed by atoms with Crippen LogP contribution in [0.2, 0.25) is 0 Å². The highest BCUT2D eigenvalue weighted by atomic mass is 16.5. The number of benzene rings is 1. The lowest BCUT2D eigenvalue weighted by Gasteiger charge is -2.34. The molecule has 1 saturated heterocycles. The van der Waals surface area contributed by atoms with Crippen molar-refractivity contribution in [2.75, 3.05) is 13.1 Å². The van der Waals surface area contributed by atoms with Gasteiger partial charge in [-0.05, 0) is 60.9 Å². The van der Waals surface area contributed by atoms with E-state index < -0.39 is 5.97 Å². The molecule has 3 atom stereocenters. The Morgan fingerprint density at radius 2 is 1.91 bits per heavy atom. The summed E-state index contributed by atoms with van der Waals surface area (Å²) in [6.07, 6.45) is 7.92. The Balaban J connectivity index is 1.22. The Labute approximate surface area is 185 Å². The van der Waals surface area contributed by atoms with E-state index in [0.717, 1.165) is 40.8 Å². The number of carbonyl (C=O) groups excluding carboxylic acids is 1. The first-order chi connectivity index (χ1) is 15.6. The second kappa shape index (κ2) is 8.45. The number of hydrogen-bond acceptors (Lipinski definition) is 5. The summed E-state index contributed by atoms with van der Waals surface area (Å²) in [6, 6.07) is 13.1. The number of carboxylic acid groups (broad SMARTS) is 1. The van der Waals surface area contributed by atoms with Crippen molar-refractivity contribution in [1.29, 1.82) is 0 Å². The summed E-state index contributed by atoms with van der Waals surface area (Å²) in [7, 11) is 0. The highest BCUT2D eigenvalue weighted by Crippen LogP contribution is 2.40. The second-order valence-electron chi connectivity index (χ2n) is 8.47. The zero-order chi connectivity index (χ0) is 22.1. The molecule has 1 aliphatic heterocycles. The number of likely N-dealkylation sites (tertiary alicyclic amines) is 1. The molecule has 1 amide bonds. The van der Waals surface area contributed by atoms with Crippen molar-refractivity contribution in [2.45, 2.75) is 25.4 Å². The van der Waals surface area contributed by atoms with Gasteiger partial charge in [0.05, 0.1) is 6.10 Å². The van der Waals surface area contributed by atoms with Gasteiger partial charge in [0.2, 0.25) is 0 Å². The molecule has 0 bridgehead atoms. The number of rotatable bonds is 4. The van der Waals surface area contributed by atoms with Crippen molar-refractivity contribution in [3.63, 3.8) is 0 Å². The number of amides is 1. The van der Waals surface area contributed by atoms with Gasteiger partial charge in [-0.1, -0.05) is 18.2 Å². The molecule has 1 N–H and O–H groups in total. The number of carboxylic acids is 1. The van der Waals surface area contributed by atoms with Crippen molar-refractivity contribution in [3.8, 4) is 16.9 Å². The molecule has 1 saturated carbocycles. The summed E-state index contributed by atoms with van der Waals surface area (Å²) in [5, 5.41) is 12.9. The van der Waals surface area contributed by atoms with Gasteiger partial charge in [-0.15, -0.1) is 0 Å². The predicted octanol–water partition coefficient (Wildman–Crippen LogP) is 3.79. The molecule has 0 spiro atoms. The molecule has 5 rings (SSSR count). The van der Waals surface area contributed by atoms with Crippen LogP contribution < -0.4 is 4.74 Å². The maximum Gasteiger partial charge on any atom is 0.356 e. The molecular formula is C24H24N4O4. The van der Waals surface area contributed by atoms with Gasteiger partial charge < -0.3 is 14.7 Å². The molecule has 32 heavy (non-hydrogen) atoms. The van der Waals surface area contributed by atoms with Gasteiger partial charge in [0.1, 0.15) is 5.75 Å². The number of hydrogen-bond donors (Lipinski definition) is 1. The Hall–Kier alpha value is -3.68. The number of carbonyl (C=O) groups is 2. The van der Waals surface area contributed by atoms with Crippen molar-refractivity contribution < 1.29 is 19.4 Å². The van der Waals surface area contributed by atoms with E-state index in [0.29, 0.717) is 24.9 Å². The van der Waals surface area contributed by atoms with E-state index in [1.807, 2.05) is 42.6 Å². The number of nitrogens with zero attached hydrogens (tertiary/aromatic N) is 4. The average Bonchev–Trinajstić information content (AvgIpc) is 3.46. The van der Waals surface area contributed by atoms with Crippen LogP contribution in [-0.4, -0.2) is 56.0 Å². The Morgan fingerprint density at radius 3 is 2.69 bits per heavy atom. The Bertz CT molecular complexity index is 1130. The smallest absolute Gasteiger partial charge is 0.356 e. The summed E-state index contributed by atoms with van der Waals surface area (Å²) < 4.78 is 7.45. The van der Waals surface area contributed by atoms with Gasteiger partial charge in [0, 0.05) is 37.2 Å². The summed E-state index contributed by atoms with van der Waals surface area (Å²) >= 11 is 0. The number of piperidine rings is 1. The van der Waals surface area contributed by atoms with Crippen molar-refractivity contribution in [1.82, 2.24) is 19.7 Å². The fourth-order valence-corrected chi connectivity index (χ4v) is 4.86. The first-order valence-electron chi connectivity index (χ1n) is 10.8. The lowest BCUT2D eigenvalue weighted by molar-refractivity contribution is 0.0689. The van der Waals surface area contributed by atoms with E-state index in [-0.39, 0.29) is 17.8 Å². The molecule has 3 heterocycles. The fraction of sp³-hybridized carbons (Fsp3) is 0.333. The third-order valence-corrected chi connectivity index (χ3v) is 6.43. The van der Waals surface area contributed by atoms with Gasteiger partial charge in [0.15, 0.2) is 5.69 Å². The number of aromatic carboxylic acids is 1. The van der Waals surface area contributed by atoms with Gasteiger partial charge in [-0.3, -0.25) is 4.98 Å². The largest absolute Gasteiger partial charge is 0.490 e. The number of pyridine rings is 1. The van der Waals surface area contributed by atoms with Crippen LogP contribution in [0.25, 0.3) is 11.1 Å². The summed E-state index contributed by atoms with van der Waals surface area (Å²) in [5.41, 5.74) is 2.00. The van der Waals surface area contributed by atoms with E-state index in [1.165, 1.54) is 12.3 Å². The lowest BCUT2D eigenvalue weighted by atomic mass is 9.89. The third kappa shape index (κ3) is 4.08. The van der Waals surface area contributed by atoms with Crippen molar-refractivity contribution in [3.05, 3.63) is 66.7 Å². The quantitative estimate of drug-likeness (QED) is 0.674. The van der Waals surface area contributed by atoms with Gasteiger partial charge >= 0.3 is 12.0 Å². The van der Waals surface area contributed by atoms with Crippen LogP contribution in [0.15, 0.2) is 61.1 Å². The molecule has 2 aliphatic rings. The van der Waals surface area contributed by atoms with E-state index in [4.69, 9.17) is 9.84 Å². The van der Waals surface area contributed by atoms with Gasteiger partial charge in [-0.25, -0.2) is 9.59 Å². The van der Waals surface area contributed by atoms with Crippen LogP contribution in [0.1, 0.15) is 29.8 Å². The summed E-state index contributed by atoms with van der Waals surface area (Å²) in [6.45, 7) is 1.28. The van der Waals surface area contributed by atoms with E-state index in [1.54, 1.807) is 11.1 Å². The highest BCUT2D eigenvalue weighted by Gasteiger charge is 2.40. The van der Waals surface area contributed by atoms with E-state index in [9.17, 15) is 9.59 Å². The molecule has 164 valence electrons. The van der Waals surface area contributed by atoms with Crippen LogP contribution >= 0.6 is 0 Å². The first-order valence-corrected chi connectivity index (χ1v) is 10.8. The molecule has 0 unspecified atom stereocenters. The first kappa shape index (κ1) is 20.2. The third-order valence-electron chi connectivity index (χ3n) is 6.43. The van der Waals surface area contributed by atoms with E-state index >= 15 is 0 Å². The minimum Gasteiger partial charge on any atom is -0.490 e. The fourth-order valence-electron chi connectivity index (χ4n) is 4.86. The topological polar surface area (TPSA) is 97.5 Å². The minimum atomic E-state index is -1.14. The molecule has 1 aliphatic carbocycles. The molecule has 8 heteroatoms. The molecule has 2 fully saturated rings. The molecule has 3 aromatic rings. The van der Waals surface area contributed by atoms with Gasteiger partial charge in [-0.2, -0.15) is 9.78 Å².